The van der Waals surface area contributed by atoms with Gasteiger partial charge in [-0.05, 0) is 32.9 Å². The van der Waals surface area contributed by atoms with Gasteiger partial charge in [0.15, 0.2) is 0 Å². The number of hydrogen-bond acceptors (Lipinski definition) is 3. The molecule has 1 N–H and O–H groups in total. The Labute approximate surface area is 121 Å². The Morgan fingerprint density at radius 3 is 2.20 bits per heavy atom. The van der Waals surface area contributed by atoms with Gasteiger partial charge in [-0.3, -0.25) is 14.5 Å². The number of likely N-dealkylation sites (N-methyl/N-ethyl adjacent to an activating group) is 1. The summed E-state index contributed by atoms with van der Waals surface area (Å²) in [6, 6.07) is -0.485. The molecule has 0 aromatic carbocycles. The van der Waals surface area contributed by atoms with Crippen molar-refractivity contribution in [2.45, 2.75) is 52.0 Å². The Morgan fingerprint density at radius 2 is 1.75 bits per heavy atom. The van der Waals surface area contributed by atoms with Crippen LogP contribution in [0.3, 0.4) is 0 Å². The molecule has 0 aromatic heterocycles. The van der Waals surface area contributed by atoms with Crippen LogP contribution < -0.4 is 0 Å². The monoisotopic (exact) mass is 284 g/mol. The average Bonchev–Trinajstić information content (AvgIpc) is 2.80. The lowest BCUT2D eigenvalue weighted by atomic mass is 9.99. The van der Waals surface area contributed by atoms with Crippen LogP contribution in [0.25, 0.3) is 0 Å². The quantitative estimate of drug-likeness (QED) is 0.738. The molecule has 1 aliphatic rings. The van der Waals surface area contributed by atoms with Crippen LogP contribution in [0.1, 0.15) is 46.0 Å². The minimum Gasteiger partial charge on any atom is -0.481 e. The molecule has 1 heterocycles. The summed E-state index contributed by atoms with van der Waals surface area (Å²) in [5.74, 6) is -1.41. The van der Waals surface area contributed by atoms with Crippen molar-refractivity contribution < 1.29 is 14.7 Å². The lowest BCUT2D eigenvalue weighted by molar-refractivity contribution is -0.148. The van der Waals surface area contributed by atoms with Crippen molar-refractivity contribution >= 4 is 11.9 Å². The van der Waals surface area contributed by atoms with Crippen molar-refractivity contribution in [3.05, 3.63) is 0 Å². The van der Waals surface area contributed by atoms with E-state index in [1.54, 1.807) is 0 Å². The van der Waals surface area contributed by atoms with E-state index in [4.69, 9.17) is 0 Å². The number of likely N-dealkylation sites (tertiary alicyclic amines) is 1. The molecular formula is C15H28N2O3. The predicted octanol–water partition coefficient (Wildman–Crippen LogP) is 1.82. The molecule has 0 aromatic rings. The molecule has 0 spiro atoms. The summed E-state index contributed by atoms with van der Waals surface area (Å²) >= 11 is 0. The van der Waals surface area contributed by atoms with Gasteiger partial charge < -0.3 is 10.0 Å². The third-order valence-corrected chi connectivity index (χ3v) is 4.09. The first-order chi connectivity index (χ1) is 9.52. The largest absolute Gasteiger partial charge is 0.481 e. The van der Waals surface area contributed by atoms with E-state index in [1.807, 2.05) is 16.8 Å². The molecule has 0 radical (unpaired) electrons. The zero-order valence-corrected chi connectivity index (χ0v) is 13.0. The fourth-order valence-electron chi connectivity index (χ4n) is 2.78. The normalized spacial score (nSPS) is 22.9. The Kier molecular flexibility index (Phi) is 6.99. The second-order valence-corrected chi connectivity index (χ2v) is 5.69. The number of carbonyl (C=O) groups is 2. The molecule has 5 heteroatoms. The second kappa shape index (κ2) is 8.25. The minimum atomic E-state index is -0.848. The minimum absolute atomic E-state index is 0.000648. The summed E-state index contributed by atoms with van der Waals surface area (Å²) in [6.45, 7) is 6.37. The molecule has 1 aliphatic heterocycles. The number of carbonyl (C=O) groups excluding carboxylic acids is 1. The number of carboxylic acids is 1. The molecule has 0 saturated carbocycles. The second-order valence-electron chi connectivity index (χ2n) is 5.69. The van der Waals surface area contributed by atoms with Gasteiger partial charge in [-0.25, -0.2) is 0 Å². The van der Waals surface area contributed by atoms with Crippen molar-refractivity contribution in [3.63, 3.8) is 0 Å². The van der Waals surface area contributed by atoms with Gasteiger partial charge in [-0.15, -0.1) is 0 Å². The molecule has 1 saturated heterocycles. The topological polar surface area (TPSA) is 60.9 Å². The molecular weight excluding hydrogens is 256 g/mol. The van der Waals surface area contributed by atoms with E-state index in [2.05, 4.69) is 13.8 Å². The molecule has 2 atom stereocenters. The number of rotatable bonds is 8. The van der Waals surface area contributed by atoms with E-state index in [1.165, 1.54) is 0 Å². The highest BCUT2D eigenvalue weighted by Gasteiger charge is 2.43. The van der Waals surface area contributed by atoms with Gasteiger partial charge in [0.05, 0.1) is 5.92 Å². The van der Waals surface area contributed by atoms with Gasteiger partial charge in [0.25, 0.3) is 0 Å². The molecule has 2 unspecified atom stereocenters. The van der Waals surface area contributed by atoms with Crippen LogP contribution in [0.2, 0.25) is 0 Å². The maximum atomic E-state index is 12.7. The molecule has 5 nitrogen and oxygen atoms in total. The number of unbranched alkanes of at least 4 members (excludes halogenated alkanes) is 2. The third-order valence-electron chi connectivity index (χ3n) is 4.09. The summed E-state index contributed by atoms with van der Waals surface area (Å²) in [6.07, 6.45) is 4.60. The Balaban J connectivity index is 2.77. The first-order valence-electron chi connectivity index (χ1n) is 7.74. The lowest BCUT2D eigenvalue weighted by Gasteiger charge is -2.30. The molecule has 0 bridgehead atoms. The van der Waals surface area contributed by atoms with Crippen molar-refractivity contribution in [2.75, 3.05) is 26.7 Å². The molecule has 1 fully saturated rings. The number of carboxylic acid groups (broad SMARTS) is 1. The highest BCUT2D eigenvalue weighted by molar-refractivity contribution is 5.88. The first-order valence-corrected chi connectivity index (χ1v) is 7.74. The van der Waals surface area contributed by atoms with Crippen molar-refractivity contribution in [2.24, 2.45) is 5.92 Å². The molecule has 1 amide bonds. The van der Waals surface area contributed by atoms with Crippen LogP contribution in [-0.2, 0) is 9.59 Å². The van der Waals surface area contributed by atoms with Gasteiger partial charge in [-0.2, -0.15) is 0 Å². The maximum Gasteiger partial charge on any atom is 0.308 e. The van der Waals surface area contributed by atoms with Gasteiger partial charge in [-0.1, -0.05) is 26.7 Å². The fourth-order valence-corrected chi connectivity index (χ4v) is 2.78. The zero-order valence-electron chi connectivity index (χ0n) is 13.0. The highest BCUT2D eigenvalue weighted by Crippen LogP contribution is 2.25. The van der Waals surface area contributed by atoms with E-state index < -0.39 is 17.9 Å². The van der Waals surface area contributed by atoms with Gasteiger partial charge in [0.2, 0.25) is 5.91 Å². The summed E-state index contributed by atoms with van der Waals surface area (Å²) in [7, 11) is 1.85. The van der Waals surface area contributed by atoms with Crippen LogP contribution in [0, 0.1) is 5.92 Å². The standard InChI is InChI=1S/C15H28N2O3/c1-4-6-9-17(10-7-5-2)14(18)13-12(15(19)20)8-11-16(13)3/h12-13H,4-11H2,1-3H3,(H,19,20). The van der Waals surface area contributed by atoms with Crippen molar-refractivity contribution in [1.82, 2.24) is 9.80 Å². The average molecular weight is 284 g/mol. The van der Waals surface area contributed by atoms with E-state index in [-0.39, 0.29) is 5.91 Å². The van der Waals surface area contributed by atoms with E-state index >= 15 is 0 Å². The number of aliphatic carboxylic acids is 1. The Morgan fingerprint density at radius 1 is 1.20 bits per heavy atom. The molecule has 0 aliphatic carbocycles. The van der Waals surface area contributed by atoms with Crippen molar-refractivity contribution in [3.8, 4) is 0 Å². The van der Waals surface area contributed by atoms with Crippen LogP contribution in [0.5, 0.6) is 0 Å². The predicted molar refractivity (Wildman–Crippen MR) is 78.6 cm³/mol. The zero-order chi connectivity index (χ0) is 15.1. The van der Waals surface area contributed by atoms with E-state index in [0.29, 0.717) is 13.0 Å². The van der Waals surface area contributed by atoms with Crippen LogP contribution in [0.4, 0.5) is 0 Å². The summed E-state index contributed by atoms with van der Waals surface area (Å²) < 4.78 is 0. The SMILES string of the molecule is CCCCN(CCCC)C(=O)C1C(C(=O)O)CCN1C. The van der Waals surface area contributed by atoms with Crippen LogP contribution in [0.15, 0.2) is 0 Å². The Hall–Kier alpha value is -1.10. The smallest absolute Gasteiger partial charge is 0.308 e. The van der Waals surface area contributed by atoms with Gasteiger partial charge >= 0.3 is 5.97 Å². The van der Waals surface area contributed by atoms with Crippen LogP contribution >= 0.6 is 0 Å². The lowest BCUT2D eigenvalue weighted by Crippen LogP contribution is -2.49. The first kappa shape index (κ1) is 17.0. The molecule has 116 valence electrons. The van der Waals surface area contributed by atoms with Gasteiger partial charge in [0.1, 0.15) is 6.04 Å². The molecule has 1 rings (SSSR count). The highest BCUT2D eigenvalue weighted by atomic mass is 16.4. The number of amides is 1. The van der Waals surface area contributed by atoms with E-state index in [0.717, 1.165) is 38.8 Å². The fraction of sp³-hybridized carbons (Fsp3) is 0.867. The van der Waals surface area contributed by atoms with Crippen molar-refractivity contribution in [1.29, 1.82) is 0 Å². The van der Waals surface area contributed by atoms with E-state index in [9.17, 15) is 14.7 Å². The van der Waals surface area contributed by atoms with Crippen LogP contribution in [-0.4, -0.2) is 59.5 Å². The van der Waals surface area contributed by atoms with Gasteiger partial charge in [0, 0.05) is 13.1 Å². The number of hydrogen-bond donors (Lipinski definition) is 1. The third kappa shape index (κ3) is 4.20. The summed E-state index contributed by atoms with van der Waals surface area (Å²) in [4.78, 5) is 27.8. The summed E-state index contributed by atoms with van der Waals surface area (Å²) in [5, 5.41) is 9.29. The molecule has 20 heavy (non-hydrogen) atoms. The Bertz CT molecular complexity index is 325. The maximum absolute atomic E-state index is 12.7. The number of nitrogens with zero attached hydrogens (tertiary/aromatic N) is 2. The summed E-state index contributed by atoms with van der Waals surface area (Å²) in [5.41, 5.74) is 0.